The van der Waals surface area contributed by atoms with Crippen LogP contribution in [0.4, 0.5) is 4.39 Å². The number of hydrogen-bond donors (Lipinski definition) is 0. The predicted molar refractivity (Wildman–Crippen MR) is 124 cm³/mol. The maximum atomic E-state index is 13.8. The van der Waals surface area contributed by atoms with Crippen molar-refractivity contribution >= 4 is 11.8 Å². The molecule has 0 radical (unpaired) electrons. The van der Waals surface area contributed by atoms with Gasteiger partial charge in [-0.2, -0.15) is 0 Å². The average Bonchev–Trinajstić information content (AvgIpc) is 3.18. The molecule has 0 N–H and O–H groups in total. The van der Waals surface area contributed by atoms with Crippen molar-refractivity contribution in [1.82, 2.24) is 14.8 Å². The molecule has 0 spiro atoms. The molecular weight excluding hydrogens is 443 g/mol. The summed E-state index contributed by atoms with van der Waals surface area (Å²) in [6, 6.07) is 23.1. The molecule has 1 aromatic heterocycles. The number of para-hydroxylation sites is 1. The first kappa shape index (κ1) is 22.5. The Balaban J connectivity index is 1.53. The number of hydrogen-bond acceptors (Lipinski definition) is 6. The lowest BCUT2D eigenvalue weighted by Gasteiger charge is -2.15. The second kappa shape index (κ2) is 10.3. The number of ether oxygens (including phenoxy) is 1. The van der Waals surface area contributed by atoms with Crippen LogP contribution in [0.3, 0.4) is 0 Å². The van der Waals surface area contributed by atoms with Crippen molar-refractivity contribution in [2.45, 2.75) is 23.9 Å². The summed E-state index contributed by atoms with van der Waals surface area (Å²) in [6.45, 7) is 1.66. The molecule has 1 heterocycles. The van der Waals surface area contributed by atoms with Gasteiger partial charge in [-0.05, 0) is 42.8 Å². The highest BCUT2D eigenvalue weighted by Gasteiger charge is 2.23. The Morgan fingerprint density at radius 3 is 2.42 bits per heavy atom. The van der Waals surface area contributed by atoms with E-state index in [1.54, 1.807) is 42.5 Å². The van der Waals surface area contributed by atoms with E-state index in [0.717, 1.165) is 11.3 Å². The monoisotopic (exact) mass is 464 g/mol. The SMILES string of the molecule is Cc1nnc(S[C@@H](C[N+](=O)[O-])c2ccc(OCc3ccccc3F)cc2)n1-c1ccccc1. The Morgan fingerprint density at radius 1 is 1.03 bits per heavy atom. The molecule has 1 atom stereocenters. The van der Waals surface area contributed by atoms with Gasteiger partial charge in [-0.1, -0.05) is 60.3 Å². The fourth-order valence-electron chi connectivity index (χ4n) is 3.32. The Kier molecular flexibility index (Phi) is 6.99. The van der Waals surface area contributed by atoms with Gasteiger partial charge >= 0.3 is 0 Å². The lowest BCUT2D eigenvalue weighted by atomic mass is 10.1. The predicted octanol–water partition coefficient (Wildman–Crippen LogP) is 5.40. The lowest BCUT2D eigenvalue weighted by Crippen LogP contribution is -2.11. The fraction of sp³-hybridized carbons (Fsp3) is 0.167. The molecule has 9 heteroatoms. The fourth-order valence-corrected chi connectivity index (χ4v) is 4.50. The van der Waals surface area contributed by atoms with Gasteiger partial charge in [-0.3, -0.25) is 14.7 Å². The maximum absolute atomic E-state index is 13.8. The molecule has 3 aromatic carbocycles. The van der Waals surface area contributed by atoms with E-state index in [9.17, 15) is 14.5 Å². The molecule has 4 aromatic rings. The summed E-state index contributed by atoms with van der Waals surface area (Å²) in [5.74, 6) is 0.921. The van der Waals surface area contributed by atoms with Gasteiger partial charge in [0.1, 0.15) is 29.2 Å². The summed E-state index contributed by atoms with van der Waals surface area (Å²) in [7, 11) is 0. The number of benzene rings is 3. The van der Waals surface area contributed by atoms with Crippen molar-refractivity contribution in [2.75, 3.05) is 6.54 Å². The second-order valence-electron chi connectivity index (χ2n) is 7.27. The Bertz CT molecular complexity index is 1230. The molecule has 0 aliphatic rings. The van der Waals surface area contributed by atoms with Gasteiger partial charge in [0.15, 0.2) is 5.16 Å². The van der Waals surface area contributed by atoms with Crippen LogP contribution in [0.25, 0.3) is 5.69 Å². The zero-order chi connectivity index (χ0) is 23.2. The number of nitrogens with zero attached hydrogens (tertiary/aromatic N) is 4. The summed E-state index contributed by atoms with van der Waals surface area (Å²) in [5.41, 5.74) is 2.11. The van der Waals surface area contributed by atoms with Gasteiger partial charge in [0.05, 0.1) is 0 Å². The van der Waals surface area contributed by atoms with E-state index < -0.39 is 5.25 Å². The largest absolute Gasteiger partial charge is 0.489 e. The molecule has 33 heavy (non-hydrogen) atoms. The van der Waals surface area contributed by atoms with Gasteiger partial charge in [-0.25, -0.2) is 4.39 Å². The summed E-state index contributed by atoms with van der Waals surface area (Å²) in [4.78, 5) is 11.0. The van der Waals surface area contributed by atoms with Gasteiger partial charge in [0.25, 0.3) is 0 Å². The molecule has 168 valence electrons. The molecule has 0 unspecified atom stereocenters. The summed E-state index contributed by atoms with van der Waals surface area (Å²) >= 11 is 1.29. The first-order chi connectivity index (χ1) is 16.0. The number of aromatic nitrogens is 3. The van der Waals surface area contributed by atoms with Crippen LogP contribution in [0.15, 0.2) is 84.0 Å². The van der Waals surface area contributed by atoms with Gasteiger partial charge in [-0.15, -0.1) is 10.2 Å². The van der Waals surface area contributed by atoms with Crippen LogP contribution in [0.5, 0.6) is 5.75 Å². The second-order valence-corrected chi connectivity index (χ2v) is 8.44. The average molecular weight is 465 g/mol. The number of rotatable bonds is 9. The zero-order valence-electron chi connectivity index (χ0n) is 17.8. The molecule has 0 aliphatic carbocycles. The molecule has 0 amide bonds. The minimum Gasteiger partial charge on any atom is -0.489 e. The van der Waals surface area contributed by atoms with Crippen LogP contribution in [0.1, 0.15) is 22.2 Å². The molecule has 0 aliphatic heterocycles. The van der Waals surface area contributed by atoms with Crippen molar-refractivity contribution in [3.63, 3.8) is 0 Å². The van der Waals surface area contributed by atoms with E-state index in [0.29, 0.717) is 22.3 Å². The van der Waals surface area contributed by atoms with Crippen molar-refractivity contribution in [2.24, 2.45) is 0 Å². The van der Waals surface area contributed by atoms with E-state index in [-0.39, 0.29) is 23.9 Å². The van der Waals surface area contributed by atoms with Gasteiger partial charge in [0, 0.05) is 16.2 Å². The first-order valence-corrected chi connectivity index (χ1v) is 11.1. The number of nitro groups is 1. The van der Waals surface area contributed by atoms with Crippen LogP contribution in [-0.2, 0) is 6.61 Å². The first-order valence-electron chi connectivity index (χ1n) is 10.2. The topological polar surface area (TPSA) is 83.1 Å². The third kappa shape index (κ3) is 5.56. The van der Waals surface area contributed by atoms with Crippen molar-refractivity contribution in [3.8, 4) is 11.4 Å². The van der Waals surface area contributed by atoms with E-state index in [1.165, 1.54) is 17.8 Å². The summed E-state index contributed by atoms with van der Waals surface area (Å²) < 4.78 is 21.3. The summed E-state index contributed by atoms with van der Waals surface area (Å²) in [5, 5.41) is 19.9. The van der Waals surface area contributed by atoms with Gasteiger partial charge < -0.3 is 4.74 Å². The van der Waals surface area contributed by atoms with Crippen molar-refractivity contribution in [3.05, 3.63) is 112 Å². The lowest BCUT2D eigenvalue weighted by molar-refractivity contribution is -0.479. The highest BCUT2D eigenvalue weighted by molar-refractivity contribution is 7.99. The molecule has 0 saturated heterocycles. The van der Waals surface area contributed by atoms with E-state index in [4.69, 9.17) is 4.74 Å². The maximum Gasteiger partial charge on any atom is 0.220 e. The van der Waals surface area contributed by atoms with E-state index in [2.05, 4.69) is 10.2 Å². The normalized spacial score (nSPS) is 11.8. The Labute approximate surface area is 194 Å². The standard InChI is InChI=1S/C24H21FN4O3S/c1-17-26-27-24(29(17)20-8-3-2-4-9-20)33-23(15-28(30)31)18-11-13-21(14-12-18)32-16-19-7-5-6-10-22(19)25/h2-14,23H,15-16H2,1H3/t23-/m0/s1. The van der Waals surface area contributed by atoms with Crippen LogP contribution >= 0.6 is 11.8 Å². The van der Waals surface area contributed by atoms with E-state index in [1.807, 2.05) is 41.8 Å². The number of halogens is 1. The molecule has 7 nitrogen and oxygen atoms in total. The number of thioether (sulfide) groups is 1. The van der Waals surface area contributed by atoms with E-state index >= 15 is 0 Å². The molecule has 0 fully saturated rings. The Morgan fingerprint density at radius 2 is 1.73 bits per heavy atom. The van der Waals surface area contributed by atoms with Crippen LogP contribution in [0.2, 0.25) is 0 Å². The third-order valence-corrected chi connectivity index (χ3v) is 6.16. The van der Waals surface area contributed by atoms with Crippen LogP contribution < -0.4 is 4.74 Å². The third-order valence-electron chi connectivity index (χ3n) is 4.98. The highest BCUT2D eigenvalue weighted by Crippen LogP contribution is 2.36. The Hall–Kier alpha value is -3.72. The quantitative estimate of drug-likeness (QED) is 0.187. The molecule has 4 rings (SSSR count). The van der Waals surface area contributed by atoms with Gasteiger partial charge in [0.2, 0.25) is 6.54 Å². The molecule has 0 saturated carbocycles. The van der Waals surface area contributed by atoms with Crippen LogP contribution in [-0.4, -0.2) is 26.2 Å². The smallest absolute Gasteiger partial charge is 0.220 e. The van der Waals surface area contributed by atoms with Crippen molar-refractivity contribution < 1.29 is 14.1 Å². The minimum absolute atomic E-state index is 0.0958. The molecule has 0 bridgehead atoms. The van der Waals surface area contributed by atoms with Crippen molar-refractivity contribution in [1.29, 1.82) is 0 Å². The number of aryl methyl sites for hydroxylation is 1. The summed E-state index contributed by atoms with van der Waals surface area (Å²) in [6.07, 6.45) is 0. The molecular formula is C24H21FN4O3S. The van der Waals surface area contributed by atoms with Crippen LogP contribution in [0, 0.1) is 22.9 Å². The highest BCUT2D eigenvalue weighted by atomic mass is 32.2. The minimum atomic E-state index is -0.480. The zero-order valence-corrected chi connectivity index (χ0v) is 18.6.